The van der Waals surface area contributed by atoms with E-state index in [1.807, 2.05) is 115 Å². The summed E-state index contributed by atoms with van der Waals surface area (Å²) < 4.78 is 5.49. The Morgan fingerprint density at radius 2 is 1.23 bits per heavy atom. The maximum atomic E-state index is 14.2. The molecule has 7 N–H and O–H groups in total. The van der Waals surface area contributed by atoms with Crippen molar-refractivity contribution in [1.29, 1.82) is 0 Å². The summed E-state index contributed by atoms with van der Waals surface area (Å²) >= 11 is 0. The number of esters is 1. The number of carbonyl (C=O) groups is 5. The minimum atomic E-state index is -1.01. The number of piperazine rings is 1. The van der Waals surface area contributed by atoms with E-state index in [4.69, 9.17) is 16.2 Å². The summed E-state index contributed by atoms with van der Waals surface area (Å²) in [5, 5.41) is 8.75. The van der Waals surface area contributed by atoms with Gasteiger partial charge in [0.1, 0.15) is 24.7 Å². The van der Waals surface area contributed by atoms with Crippen LogP contribution >= 0.6 is 0 Å². The zero-order valence-electron chi connectivity index (χ0n) is 33.2. The number of benzene rings is 3. The van der Waals surface area contributed by atoms with E-state index in [9.17, 15) is 24.0 Å². The number of ether oxygens (including phenoxy) is 1. The second kappa shape index (κ2) is 21.4. The van der Waals surface area contributed by atoms with Crippen molar-refractivity contribution in [3.05, 3.63) is 108 Å². The summed E-state index contributed by atoms with van der Waals surface area (Å²) in [6.45, 7) is 5.76. The predicted octanol–water partition coefficient (Wildman–Crippen LogP) is 2.46. The highest BCUT2D eigenvalue weighted by atomic mass is 16.5. The molecule has 3 aromatic rings. The lowest BCUT2D eigenvalue weighted by Crippen LogP contribution is -2.72. The van der Waals surface area contributed by atoms with Gasteiger partial charge in [-0.15, -0.1) is 0 Å². The summed E-state index contributed by atoms with van der Waals surface area (Å²) in [5.41, 5.74) is 14.7. The van der Waals surface area contributed by atoms with Crippen molar-refractivity contribution in [2.45, 2.75) is 102 Å². The summed E-state index contributed by atoms with van der Waals surface area (Å²) in [7, 11) is 0. The maximum Gasteiger partial charge on any atom is 0.320 e. The van der Waals surface area contributed by atoms with Crippen LogP contribution in [0.3, 0.4) is 0 Å². The number of carbonyl (C=O) groups excluding carboxylic acids is 5. The molecule has 6 atom stereocenters. The van der Waals surface area contributed by atoms with Gasteiger partial charge in [-0.25, -0.2) is 0 Å². The zero-order valence-corrected chi connectivity index (χ0v) is 33.2. The topological polar surface area (TPSA) is 189 Å². The Labute approximate surface area is 336 Å². The van der Waals surface area contributed by atoms with Crippen molar-refractivity contribution < 1.29 is 28.7 Å². The van der Waals surface area contributed by atoms with Crippen molar-refractivity contribution in [2.24, 2.45) is 17.4 Å². The summed E-state index contributed by atoms with van der Waals surface area (Å²) in [4.78, 5) is 72.2. The molecule has 57 heavy (non-hydrogen) atoms. The van der Waals surface area contributed by atoms with Crippen LogP contribution in [0.15, 0.2) is 91.0 Å². The highest BCUT2D eigenvalue weighted by Crippen LogP contribution is 2.33. The van der Waals surface area contributed by atoms with Crippen molar-refractivity contribution in [2.75, 3.05) is 26.2 Å². The van der Waals surface area contributed by atoms with Gasteiger partial charge in [0.25, 0.3) is 0 Å². The predicted molar refractivity (Wildman–Crippen MR) is 218 cm³/mol. The molecule has 0 aliphatic carbocycles. The molecule has 13 heteroatoms. The molecule has 4 amide bonds. The minimum absolute atomic E-state index is 0.0222. The Morgan fingerprint density at radius 1 is 0.702 bits per heavy atom. The standard InChI is InChI=1S/C44H59N7O6/c1-30(2)22-38(49-43(55)39(24-32-16-8-4-9-17-32)48-41(53)36(46)23-31-14-6-3-7-15-31)42(54)47-37(20-12-13-21-45)44(56)51-34-25-35(51)27-50(26-34)28-40(52)57-29-33-18-10-5-11-19-33/h3-11,14-19,30,34-39H,12-13,20-29,45-46H2,1-2H3,(H,47,54)(H,48,53)(H,49,55). The van der Waals surface area contributed by atoms with E-state index < -0.39 is 41.9 Å². The number of rotatable bonds is 21. The number of amides is 4. The highest BCUT2D eigenvalue weighted by Gasteiger charge is 2.49. The Balaban J connectivity index is 1.22. The van der Waals surface area contributed by atoms with Crippen LogP contribution in [0.5, 0.6) is 0 Å². The van der Waals surface area contributed by atoms with Crippen LogP contribution in [0.25, 0.3) is 0 Å². The molecule has 6 unspecified atom stereocenters. The fourth-order valence-corrected chi connectivity index (χ4v) is 7.63. The maximum absolute atomic E-state index is 14.2. The number of piperidine rings is 1. The molecule has 0 aromatic heterocycles. The summed E-state index contributed by atoms with van der Waals surface area (Å²) in [5.74, 6) is -1.94. The van der Waals surface area contributed by atoms with Gasteiger partial charge in [0, 0.05) is 31.6 Å². The van der Waals surface area contributed by atoms with Gasteiger partial charge in [-0.2, -0.15) is 0 Å². The van der Waals surface area contributed by atoms with Gasteiger partial charge in [-0.1, -0.05) is 105 Å². The Morgan fingerprint density at radius 3 is 1.81 bits per heavy atom. The molecule has 2 bridgehead atoms. The first-order chi connectivity index (χ1) is 27.5. The molecule has 3 fully saturated rings. The molecule has 0 saturated carbocycles. The molecular formula is C44H59N7O6. The summed E-state index contributed by atoms with van der Waals surface area (Å²) in [6.07, 6.45) is 3.32. The van der Waals surface area contributed by atoms with Crippen molar-refractivity contribution in [1.82, 2.24) is 25.8 Å². The van der Waals surface area contributed by atoms with Gasteiger partial charge in [-0.05, 0) is 67.7 Å². The van der Waals surface area contributed by atoms with Crippen LogP contribution in [-0.4, -0.2) is 102 Å². The molecule has 306 valence electrons. The monoisotopic (exact) mass is 781 g/mol. The van der Waals surface area contributed by atoms with Crippen molar-refractivity contribution in [3.8, 4) is 0 Å². The quantitative estimate of drug-likeness (QED) is 0.0799. The fourth-order valence-electron chi connectivity index (χ4n) is 7.63. The van der Waals surface area contributed by atoms with Crippen LogP contribution in [0.4, 0.5) is 0 Å². The third-order valence-corrected chi connectivity index (χ3v) is 10.6. The second-order valence-electron chi connectivity index (χ2n) is 15.7. The van der Waals surface area contributed by atoms with Gasteiger partial charge in [-0.3, -0.25) is 28.9 Å². The van der Waals surface area contributed by atoms with Crippen LogP contribution < -0.4 is 27.4 Å². The normalized spacial score (nSPS) is 18.4. The Hall–Kier alpha value is -5.11. The number of hydrogen-bond donors (Lipinski definition) is 5. The average Bonchev–Trinajstić information content (AvgIpc) is 3.20. The molecule has 0 spiro atoms. The largest absolute Gasteiger partial charge is 0.460 e. The highest BCUT2D eigenvalue weighted by molar-refractivity contribution is 5.95. The molecule has 6 rings (SSSR count). The molecule has 3 aliphatic rings. The number of nitrogens with one attached hydrogen (secondary N) is 3. The first-order valence-corrected chi connectivity index (χ1v) is 20.2. The molecule has 3 heterocycles. The average molecular weight is 782 g/mol. The van der Waals surface area contributed by atoms with E-state index >= 15 is 0 Å². The second-order valence-corrected chi connectivity index (χ2v) is 15.7. The van der Waals surface area contributed by atoms with Gasteiger partial charge < -0.3 is 37.1 Å². The van der Waals surface area contributed by atoms with E-state index in [1.54, 1.807) is 0 Å². The first-order valence-electron chi connectivity index (χ1n) is 20.2. The molecular weight excluding hydrogens is 723 g/mol. The molecule has 0 radical (unpaired) electrons. The lowest BCUT2D eigenvalue weighted by Gasteiger charge is -2.56. The van der Waals surface area contributed by atoms with E-state index in [0.29, 0.717) is 51.7 Å². The van der Waals surface area contributed by atoms with E-state index in [1.165, 1.54) is 0 Å². The first kappa shape index (κ1) is 43.0. The lowest BCUT2D eigenvalue weighted by atomic mass is 9.86. The van der Waals surface area contributed by atoms with Gasteiger partial charge in [0.2, 0.25) is 23.6 Å². The molecule has 13 nitrogen and oxygen atoms in total. The molecule has 3 saturated heterocycles. The van der Waals surface area contributed by atoms with Crippen LogP contribution in [0.1, 0.15) is 62.6 Å². The summed E-state index contributed by atoms with van der Waals surface area (Å²) in [6, 6.07) is 24.4. The SMILES string of the molecule is CC(C)CC(NC(=O)C(Cc1ccccc1)NC(=O)C(N)Cc1ccccc1)C(=O)NC(CCCCN)C(=O)N1C2CC1CN(CC(=O)OCc1ccccc1)C2. The lowest BCUT2D eigenvalue weighted by molar-refractivity contribution is -0.161. The Kier molecular flexibility index (Phi) is 16.2. The third-order valence-electron chi connectivity index (χ3n) is 10.6. The fraction of sp³-hybridized carbons (Fsp3) is 0.477. The Bertz CT molecular complexity index is 1750. The van der Waals surface area contributed by atoms with Crippen LogP contribution in [0.2, 0.25) is 0 Å². The zero-order chi connectivity index (χ0) is 40.7. The number of unbranched alkanes of at least 4 members (excludes halogenated alkanes) is 1. The van der Waals surface area contributed by atoms with Gasteiger partial charge >= 0.3 is 5.97 Å². The smallest absolute Gasteiger partial charge is 0.320 e. The number of hydrogen-bond acceptors (Lipinski definition) is 9. The minimum Gasteiger partial charge on any atom is -0.460 e. The third kappa shape index (κ3) is 13.0. The molecule has 3 aromatic carbocycles. The van der Waals surface area contributed by atoms with Crippen LogP contribution in [-0.2, 0) is 48.2 Å². The van der Waals surface area contributed by atoms with E-state index in [-0.39, 0.29) is 49.5 Å². The van der Waals surface area contributed by atoms with Gasteiger partial charge in [0.15, 0.2) is 0 Å². The van der Waals surface area contributed by atoms with E-state index in [0.717, 1.165) is 23.1 Å². The molecule has 3 aliphatic heterocycles. The number of fused-ring (bicyclic) bond motifs is 2. The van der Waals surface area contributed by atoms with Crippen molar-refractivity contribution in [3.63, 3.8) is 0 Å². The van der Waals surface area contributed by atoms with Crippen LogP contribution in [0, 0.1) is 5.92 Å². The van der Waals surface area contributed by atoms with E-state index in [2.05, 4.69) is 16.0 Å². The number of nitrogens with two attached hydrogens (primary N) is 2. The van der Waals surface area contributed by atoms with Crippen molar-refractivity contribution >= 4 is 29.6 Å². The van der Waals surface area contributed by atoms with Gasteiger partial charge in [0.05, 0.1) is 12.6 Å². The number of nitrogens with zero attached hydrogens (tertiary/aromatic N) is 2.